The fraction of sp³-hybridized carbons (Fsp3) is 0.625. The van der Waals surface area contributed by atoms with E-state index in [1.807, 2.05) is 0 Å². The second kappa shape index (κ2) is 6.11. The molecule has 3 rings (SSSR count). The van der Waals surface area contributed by atoms with Gasteiger partial charge in [0.05, 0.1) is 5.69 Å². The molecule has 0 bridgehead atoms. The van der Waals surface area contributed by atoms with Crippen LogP contribution in [0.3, 0.4) is 0 Å². The number of ether oxygens (including phenoxy) is 2. The van der Waals surface area contributed by atoms with E-state index in [1.54, 1.807) is 26.4 Å². The first-order valence-corrected chi connectivity index (χ1v) is 7.75. The van der Waals surface area contributed by atoms with Crippen molar-refractivity contribution < 1.29 is 13.9 Å². The minimum Gasteiger partial charge on any atom is -0.369 e. The van der Waals surface area contributed by atoms with E-state index >= 15 is 0 Å². The Morgan fingerprint density at radius 3 is 2.38 bits per heavy atom. The van der Waals surface area contributed by atoms with Crippen LogP contribution in [-0.2, 0) is 9.47 Å². The average molecular weight is 314 g/mol. The number of methoxy groups -OCH3 is 2. The minimum absolute atomic E-state index is 0.119. The molecule has 0 amide bonds. The number of hydrogen-bond donors (Lipinski definition) is 0. The van der Waals surface area contributed by atoms with Crippen molar-refractivity contribution in [2.45, 2.75) is 19.1 Å². The third-order valence-corrected chi connectivity index (χ3v) is 5.12. The second-order valence-electron chi connectivity index (χ2n) is 6.09. The van der Waals surface area contributed by atoms with Crippen LogP contribution in [0.2, 0.25) is 5.02 Å². The maximum Gasteiger partial charge on any atom is 0.159 e. The maximum atomic E-state index is 14.0. The molecule has 1 saturated carbocycles. The lowest BCUT2D eigenvalue weighted by Gasteiger charge is -2.24. The number of benzene rings is 1. The van der Waals surface area contributed by atoms with Gasteiger partial charge in [-0.1, -0.05) is 11.6 Å². The van der Waals surface area contributed by atoms with E-state index < -0.39 is 0 Å². The molecule has 1 unspecified atom stereocenters. The van der Waals surface area contributed by atoms with Crippen LogP contribution in [-0.4, -0.2) is 33.6 Å². The van der Waals surface area contributed by atoms with Crippen molar-refractivity contribution in [3.63, 3.8) is 0 Å². The number of halogens is 2. The fourth-order valence-corrected chi connectivity index (χ4v) is 4.14. The summed E-state index contributed by atoms with van der Waals surface area (Å²) in [5, 5.41) is 0.583. The third kappa shape index (κ3) is 2.89. The standard InChI is InChI=1S/C16H21ClFNO2/c1-20-16(21-2)10-5-11-8-19(9-12(11)6-10)15-7-13(17)3-4-14(15)18/h3-4,7,10-12,16H,5-6,8-9H2,1-2H3/t10?,11-,12+. The van der Waals surface area contributed by atoms with Gasteiger partial charge >= 0.3 is 0 Å². The summed E-state index contributed by atoms with van der Waals surface area (Å²) >= 11 is 5.99. The van der Waals surface area contributed by atoms with E-state index in [0.717, 1.165) is 25.9 Å². The van der Waals surface area contributed by atoms with Gasteiger partial charge in [-0.2, -0.15) is 0 Å². The van der Waals surface area contributed by atoms with Crippen molar-refractivity contribution >= 4 is 17.3 Å². The Balaban J connectivity index is 1.68. The predicted molar refractivity (Wildman–Crippen MR) is 81.1 cm³/mol. The number of fused-ring (bicyclic) bond motifs is 1. The van der Waals surface area contributed by atoms with Gasteiger partial charge in [-0.25, -0.2) is 4.39 Å². The highest BCUT2D eigenvalue weighted by atomic mass is 35.5. The zero-order chi connectivity index (χ0) is 15.0. The van der Waals surface area contributed by atoms with Crippen molar-refractivity contribution in [3.8, 4) is 0 Å². The Morgan fingerprint density at radius 2 is 1.81 bits per heavy atom. The summed E-state index contributed by atoms with van der Waals surface area (Å²) in [5.41, 5.74) is 0.628. The van der Waals surface area contributed by atoms with E-state index in [4.69, 9.17) is 21.1 Å². The van der Waals surface area contributed by atoms with Gasteiger partial charge in [0.2, 0.25) is 0 Å². The first-order valence-electron chi connectivity index (χ1n) is 7.38. The Morgan fingerprint density at radius 1 is 1.19 bits per heavy atom. The highest BCUT2D eigenvalue weighted by Gasteiger charge is 2.44. The molecule has 2 aliphatic rings. The second-order valence-corrected chi connectivity index (χ2v) is 6.53. The lowest BCUT2D eigenvalue weighted by molar-refractivity contribution is -0.136. The Bertz CT molecular complexity index is 495. The zero-order valence-electron chi connectivity index (χ0n) is 12.4. The van der Waals surface area contributed by atoms with Crippen molar-refractivity contribution in [1.82, 2.24) is 0 Å². The lowest BCUT2D eigenvalue weighted by atomic mass is 10.0. The molecule has 2 fully saturated rings. The molecule has 1 aromatic rings. The number of nitrogens with zero attached hydrogens (tertiary/aromatic N) is 1. The molecule has 1 saturated heterocycles. The highest BCUT2D eigenvalue weighted by molar-refractivity contribution is 6.30. The first kappa shape index (κ1) is 15.1. The average Bonchev–Trinajstić information content (AvgIpc) is 3.01. The van der Waals surface area contributed by atoms with Gasteiger partial charge in [-0.15, -0.1) is 0 Å². The number of hydrogen-bond acceptors (Lipinski definition) is 3. The van der Waals surface area contributed by atoms with Crippen LogP contribution in [0.1, 0.15) is 12.8 Å². The predicted octanol–water partition coefficient (Wildman–Crippen LogP) is 3.56. The Kier molecular flexibility index (Phi) is 4.38. The van der Waals surface area contributed by atoms with Crippen LogP contribution in [0, 0.1) is 23.6 Å². The SMILES string of the molecule is COC(OC)C1C[C@@H]2CN(c3cc(Cl)ccc3F)C[C@@H]2C1. The van der Waals surface area contributed by atoms with Crippen LogP contribution < -0.4 is 4.90 Å². The smallest absolute Gasteiger partial charge is 0.159 e. The van der Waals surface area contributed by atoms with E-state index in [-0.39, 0.29) is 12.1 Å². The summed E-state index contributed by atoms with van der Waals surface area (Å²) in [6.07, 6.45) is 2.04. The summed E-state index contributed by atoms with van der Waals surface area (Å²) in [5.74, 6) is 1.42. The summed E-state index contributed by atoms with van der Waals surface area (Å²) in [6, 6.07) is 4.76. The molecule has 0 aromatic heterocycles. The summed E-state index contributed by atoms with van der Waals surface area (Å²) in [6.45, 7) is 1.77. The number of rotatable bonds is 4. The van der Waals surface area contributed by atoms with Gasteiger partial charge in [-0.3, -0.25) is 0 Å². The normalized spacial score (nSPS) is 28.4. The topological polar surface area (TPSA) is 21.7 Å². The van der Waals surface area contributed by atoms with Crippen molar-refractivity contribution in [2.24, 2.45) is 17.8 Å². The Labute approximate surface area is 130 Å². The van der Waals surface area contributed by atoms with Gasteiger partial charge in [-0.05, 0) is 42.9 Å². The van der Waals surface area contributed by atoms with Gasteiger partial charge in [0, 0.05) is 38.2 Å². The highest BCUT2D eigenvalue weighted by Crippen LogP contribution is 2.45. The monoisotopic (exact) mass is 313 g/mol. The molecule has 0 radical (unpaired) electrons. The van der Waals surface area contributed by atoms with Crippen LogP contribution in [0.4, 0.5) is 10.1 Å². The van der Waals surface area contributed by atoms with Gasteiger partial charge in [0.1, 0.15) is 5.82 Å². The molecule has 1 aliphatic carbocycles. The molecule has 1 heterocycles. The van der Waals surface area contributed by atoms with E-state index in [1.165, 1.54) is 6.07 Å². The molecule has 3 nitrogen and oxygen atoms in total. The van der Waals surface area contributed by atoms with Gasteiger partial charge < -0.3 is 14.4 Å². The van der Waals surface area contributed by atoms with Crippen LogP contribution in [0.15, 0.2) is 18.2 Å². The molecule has 1 aromatic carbocycles. The van der Waals surface area contributed by atoms with Crippen molar-refractivity contribution in [3.05, 3.63) is 29.0 Å². The van der Waals surface area contributed by atoms with Crippen molar-refractivity contribution in [2.75, 3.05) is 32.2 Å². The molecule has 0 spiro atoms. The van der Waals surface area contributed by atoms with Crippen molar-refractivity contribution in [1.29, 1.82) is 0 Å². The molecule has 0 N–H and O–H groups in total. The van der Waals surface area contributed by atoms with Crippen LogP contribution in [0.25, 0.3) is 0 Å². The molecule has 5 heteroatoms. The number of anilines is 1. The zero-order valence-corrected chi connectivity index (χ0v) is 13.1. The largest absolute Gasteiger partial charge is 0.369 e. The fourth-order valence-electron chi connectivity index (χ4n) is 3.97. The summed E-state index contributed by atoms with van der Waals surface area (Å²) in [4.78, 5) is 2.13. The summed E-state index contributed by atoms with van der Waals surface area (Å²) < 4.78 is 24.7. The molecule has 116 valence electrons. The van der Waals surface area contributed by atoms with Gasteiger partial charge in [0.25, 0.3) is 0 Å². The molecule has 1 aliphatic heterocycles. The molecular formula is C16H21ClFNO2. The van der Waals surface area contributed by atoms with Crippen LogP contribution in [0.5, 0.6) is 0 Å². The van der Waals surface area contributed by atoms with Crippen LogP contribution >= 0.6 is 11.6 Å². The minimum atomic E-state index is -0.192. The quantitative estimate of drug-likeness (QED) is 0.793. The third-order valence-electron chi connectivity index (χ3n) is 4.89. The summed E-state index contributed by atoms with van der Waals surface area (Å²) in [7, 11) is 3.38. The molecular weight excluding hydrogens is 293 g/mol. The van der Waals surface area contributed by atoms with Gasteiger partial charge in [0.15, 0.2) is 6.29 Å². The molecule has 21 heavy (non-hydrogen) atoms. The Hall–Kier alpha value is -0.840. The van der Waals surface area contributed by atoms with E-state index in [9.17, 15) is 4.39 Å². The van der Waals surface area contributed by atoms with E-state index in [0.29, 0.717) is 28.5 Å². The lowest BCUT2D eigenvalue weighted by Crippen LogP contribution is -2.27. The maximum absolute atomic E-state index is 14.0. The first-order chi connectivity index (χ1) is 10.1. The van der Waals surface area contributed by atoms with E-state index in [2.05, 4.69) is 4.90 Å². The molecule has 3 atom stereocenters.